The minimum absolute atomic E-state index is 0.398. The highest BCUT2D eigenvalue weighted by molar-refractivity contribution is 6.07. The summed E-state index contributed by atoms with van der Waals surface area (Å²) in [6.07, 6.45) is 0. The van der Waals surface area contributed by atoms with Crippen LogP contribution in [0.1, 0.15) is 11.1 Å². The van der Waals surface area contributed by atoms with Gasteiger partial charge in [0.05, 0.1) is 0 Å². The minimum Gasteiger partial charge on any atom is -0.372 e. The van der Waals surface area contributed by atoms with E-state index in [1.165, 1.54) is 0 Å². The number of aliphatic hydroxyl groups is 1. The molecular weight excluding hydrogens is 214 g/mol. The number of para-hydroxylation sites is 1. The summed E-state index contributed by atoms with van der Waals surface area (Å²) >= 11 is 0. The van der Waals surface area contributed by atoms with Crippen LogP contribution >= 0.6 is 0 Å². The van der Waals surface area contributed by atoms with Crippen LogP contribution in [0, 0.1) is 0 Å². The first-order valence-corrected chi connectivity index (χ1v) is 5.42. The molecule has 17 heavy (non-hydrogen) atoms. The Morgan fingerprint density at radius 2 is 1.59 bits per heavy atom. The number of carbonyl (C=O) groups excluding carboxylic acids is 1. The molecule has 0 spiro atoms. The Hall–Kier alpha value is -2.13. The third-order valence-electron chi connectivity index (χ3n) is 3.09. The second-order valence-electron chi connectivity index (χ2n) is 4.08. The van der Waals surface area contributed by atoms with Crippen molar-refractivity contribution in [1.29, 1.82) is 0 Å². The van der Waals surface area contributed by atoms with Gasteiger partial charge in [-0.2, -0.15) is 0 Å². The average Bonchev–Trinajstić information content (AvgIpc) is 2.64. The third-order valence-corrected chi connectivity index (χ3v) is 3.09. The van der Waals surface area contributed by atoms with Gasteiger partial charge in [-0.05, 0) is 11.6 Å². The second-order valence-corrected chi connectivity index (χ2v) is 4.08. The maximum Gasteiger partial charge on any atom is 0.265 e. The van der Waals surface area contributed by atoms with Crippen LogP contribution in [0.25, 0.3) is 0 Å². The molecule has 84 valence electrons. The molecule has 1 aliphatic rings. The lowest BCUT2D eigenvalue weighted by atomic mass is 9.88. The molecule has 3 rings (SSSR count). The summed E-state index contributed by atoms with van der Waals surface area (Å²) < 4.78 is 0. The van der Waals surface area contributed by atoms with Crippen LogP contribution in [0.4, 0.5) is 5.69 Å². The largest absolute Gasteiger partial charge is 0.372 e. The number of fused-ring (bicyclic) bond motifs is 1. The summed E-state index contributed by atoms with van der Waals surface area (Å²) in [7, 11) is 0. The summed E-state index contributed by atoms with van der Waals surface area (Å²) in [6, 6.07) is 16.2. The lowest BCUT2D eigenvalue weighted by Crippen LogP contribution is -2.35. The molecule has 1 amide bonds. The van der Waals surface area contributed by atoms with Crippen molar-refractivity contribution in [2.24, 2.45) is 0 Å². The number of anilines is 1. The molecule has 2 aromatic carbocycles. The number of hydrogen-bond acceptors (Lipinski definition) is 2. The van der Waals surface area contributed by atoms with Gasteiger partial charge >= 0.3 is 0 Å². The third kappa shape index (κ3) is 1.29. The first-order chi connectivity index (χ1) is 8.23. The highest BCUT2D eigenvalue weighted by Crippen LogP contribution is 2.40. The van der Waals surface area contributed by atoms with E-state index in [4.69, 9.17) is 0 Å². The van der Waals surface area contributed by atoms with E-state index in [0.717, 1.165) is 0 Å². The summed E-state index contributed by atoms with van der Waals surface area (Å²) in [4.78, 5) is 12.0. The van der Waals surface area contributed by atoms with Crippen molar-refractivity contribution < 1.29 is 9.90 Å². The predicted octanol–water partition coefficient (Wildman–Crippen LogP) is 1.87. The van der Waals surface area contributed by atoms with Gasteiger partial charge < -0.3 is 10.4 Å². The molecule has 3 nitrogen and oxygen atoms in total. The fraction of sp³-hybridized carbons (Fsp3) is 0.0714. The summed E-state index contributed by atoms with van der Waals surface area (Å²) in [5, 5.41) is 13.4. The Balaban J connectivity index is 2.24. The highest BCUT2D eigenvalue weighted by Gasteiger charge is 2.46. The van der Waals surface area contributed by atoms with Crippen molar-refractivity contribution in [2.45, 2.75) is 5.60 Å². The predicted molar refractivity (Wildman–Crippen MR) is 64.5 cm³/mol. The van der Waals surface area contributed by atoms with Crippen molar-refractivity contribution in [3.8, 4) is 0 Å². The quantitative estimate of drug-likeness (QED) is 0.778. The molecular formula is C14H11NO2. The van der Waals surface area contributed by atoms with Gasteiger partial charge in [-0.3, -0.25) is 4.79 Å². The molecule has 1 aliphatic heterocycles. The molecule has 0 saturated heterocycles. The maximum absolute atomic E-state index is 12.0. The fourth-order valence-corrected chi connectivity index (χ4v) is 2.21. The van der Waals surface area contributed by atoms with Crippen molar-refractivity contribution in [2.75, 3.05) is 5.32 Å². The topological polar surface area (TPSA) is 49.3 Å². The van der Waals surface area contributed by atoms with E-state index in [1.807, 2.05) is 30.3 Å². The molecule has 0 aliphatic carbocycles. The van der Waals surface area contributed by atoms with Crippen LogP contribution in [0.2, 0.25) is 0 Å². The number of rotatable bonds is 1. The summed E-state index contributed by atoms with van der Waals surface area (Å²) in [5.41, 5.74) is 0.292. The van der Waals surface area contributed by atoms with Crippen LogP contribution < -0.4 is 5.32 Å². The SMILES string of the molecule is O=C1Nc2ccccc2[C@@]1(O)c1ccccc1. The zero-order valence-electron chi connectivity index (χ0n) is 9.05. The number of amides is 1. The number of carbonyl (C=O) groups is 1. The van der Waals surface area contributed by atoms with Crippen molar-refractivity contribution in [3.63, 3.8) is 0 Å². The maximum atomic E-state index is 12.0. The van der Waals surface area contributed by atoms with E-state index >= 15 is 0 Å². The molecule has 0 aromatic heterocycles. The van der Waals surface area contributed by atoms with Gasteiger partial charge in [0.25, 0.3) is 5.91 Å². The normalized spacial score (nSPS) is 22.1. The Labute approximate surface area is 98.7 Å². The number of nitrogens with one attached hydrogen (secondary N) is 1. The lowest BCUT2D eigenvalue weighted by molar-refractivity contribution is -0.129. The Kier molecular flexibility index (Phi) is 2.03. The summed E-state index contributed by atoms with van der Waals surface area (Å²) in [6.45, 7) is 0. The molecule has 0 fully saturated rings. The van der Waals surface area contributed by atoms with Gasteiger partial charge in [0.15, 0.2) is 5.60 Å². The van der Waals surface area contributed by atoms with E-state index in [-0.39, 0.29) is 0 Å². The van der Waals surface area contributed by atoms with E-state index in [1.54, 1.807) is 24.3 Å². The minimum atomic E-state index is -1.57. The molecule has 2 N–H and O–H groups in total. The van der Waals surface area contributed by atoms with Crippen LogP contribution in [-0.4, -0.2) is 11.0 Å². The molecule has 3 heteroatoms. The van der Waals surface area contributed by atoms with E-state index < -0.39 is 11.5 Å². The first-order valence-electron chi connectivity index (χ1n) is 5.42. The van der Waals surface area contributed by atoms with Gasteiger partial charge in [0.1, 0.15) is 0 Å². The van der Waals surface area contributed by atoms with Crippen molar-refractivity contribution in [1.82, 2.24) is 0 Å². The molecule has 0 unspecified atom stereocenters. The van der Waals surface area contributed by atoms with Crippen molar-refractivity contribution in [3.05, 3.63) is 65.7 Å². The first kappa shape index (κ1) is 10.1. The average molecular weight is 225 g/mol. The number of hydrogen-bond donors (Lipinski definition) is 2. The Morgan fingerprint density at radius 3 is 2.35 bits per heavy atom. The second kappa shape index (κ2) is 3.43. The Morgan fingerprint density at radius 1 is 0.941 bits per heavy atom. The molecule has 0 saturated carbocycles. The standard InChI is InChI=1S/C14H11NO2/c16-13-14(17,10-6-2-1-3-7-10)11-8-4-5-9-12(11)15-13/h1-9,17H,(H,15,16)/t14-/m0/s1. The van der Waals surface area contributed by atoms with E-state index in [0.29, 0.717) is 16.8 Å². The Bertz CT molecular complexity index is 580. The van der Waals surface area contributed by atoms with Crippen LogP contribution in [0.3, 0.4) is 0 Å². The highest BCUT2D eigenvalue weighted by atomic mass is 16.3. The van der Waals surface area contributed by atoms with Gasteiger partial charge in [0.2, 0.25) is 0 Å². The van der Waals surface area contributed by atoms with Gasteiger partial charge in [-0.15, -0.1) is 0 Å². The van der Waals surface area contributed by atoms with Crippen LogP contribution in [0.5, 0.6) is 0 Å². The fourth-order valence-electron chi connectivity index (χ4n) is 2.21. The van der Waals surface area contributed by atoms with Gasteiger partial charge in [0, 0.05) is 11.3 Å². The zero-order chi connectivity index (χ0) is 11.9. The van der Waals surface area contributed by atoms with Crippen LogP contribution in [-0.2, 0) is 10.4 Å². The van der Waals surface area contributed by atoms with E-state index in [9.17, 15) is 9.90 Å². The lowest BCUT2D eigenvalue weighted by Gasteiger charge is -2.21. The molecule has 1 heterocycles. The number of benzene rings is 2. The van der Waals surface area contributed by atoms with Gasteiger partial charge in [-0.1, -0.05) is 48.5 Å². The molecule has 2 aromatic rings. The molecule has 0 radical (unpaired) electrons. The van der Waals surface area contributed by atoms with Crippen LogP contribution in [0.15, 0.2) is 54.6 Å². The monoisotopic (exact) mass is 225 g/mol. The zero-order valence-corrected chi connectivity index (χ0v) is 9.05. The van der Waals surface area contributed by atoms with Crippen molar-refractivity contribution >= 4 is 11.6 Å². The van der Waals surface area contributed by atoms with E-state index in [2.05, 4.69) is 5.32 Å². The summed E-state index contributed by atoms with van der Waals surface area (Å²) in [5.74, 6) is -0.398. The molecule has 1 atom stereocenters. The molecule has 0 bridgehead atoms. The smallest absolute Gasteiger partial charge is 0.265 e. The van der Waals surface area contributed by atoms with Gasteiger partial charge in [-0.25, -0.2) is 0 Å².